The summed E-state index contributed by atoms with van der Waals surface area (Å²) in [4.78, 5) is 8.52. The van der Waals surface area contributed by atoms with Crippen molar-refractivity contribution >= 4 is 10.9 Å². The van der Waals surface area contributed by atoms with Crippen molar-refractivity contribution in [2.75, 3.05) is 46.5 Å². The van der Waals surface area contributed by atoms with Gasteiger partial charge in [-0.1, -0.05) is 0 Å². The molecule has 1 aromatic carbocycles. The number of nitrogens with zero attached hydrogens (tertiary/aromatic N) is 2. The van der Waals surface area contributed by atoms with E-state index in [1.165, 1.54) is 16.6 Å². The van der Waals surface area contributed by atoms with Crippen LogP contribution in [0, 0.1) is 6.92 Å². The molecule has 28 heavy (non-hydrogen) atoms. The first-order chi connectivity index (χ1) is 13.7. The monoisotopic (exact) mass is 383 g/mol. The quantitative estimate of drug-likeness (QED) is 0.646. The van der Waals surface area contributed by atoms with E-state index in [2.05, 4.69) is 33.8 Å². The summed E-state index contributed by atoms with van der Waals surface area (Å²) in [6, 6.07) is 10.2. The van der Waals surface area contributed by atoms with Crippen molar-refractivity contribution in [3.8, 4) is 5.75 Å². The lowest BCUT2D eigenvalue weighted by molar-refractivity contribution is 0.0320. The first-order valence-corrected chi connectivity index (χ1v) is 9.93. The number of fused-ring (bicyclic) bond motifs is 1. The molecule has 3 heterocycles. The fourth-order valence-electron chi connectivity index (χ4n) is 3.81. The number of morpholine rings is 1. The van der Waals surface area contributed by atoms with Crippen LogP contribution < -0.4 is 4.74 Å². The molecule has 0 unspecified atom stereocenters. The number of methoxy groups -OCH3 is 1. The second-order valence-electron chi connectivity index (χ2n) is 7.38. The van der Waals surface area contributed by atoms with Crippen molar-refractivity contribution < 1.29 is 13.9 Å². The maximum atomic E-state index is 5.61. The van der Waals surface area contributed by atoms with Crippen molar-refractivity contribution in [1.82, 2.24) is 14.8 Å². The van der Waals surface area contributed by atoms with Gasteiger partial charge in [0.1, 0.15) is 11.5 Å². The van der Waals surface area contributed by atoms with Crippen LogP contribution in [0.4, 0.5) is 0 Å². The molecule has 1 saturated heterocycles. The van der Waals surface area contributed by atoms with Gasteiger partial charge in [-0.15, -0.1) is 0 Å². The number of furan rings is 1. The van der Waals surface area contributed by atoms with Crippen LogP contribution in [-0.4, -0.2) is 61.3 Å². The molecule has 1 N–H and O–H groups in total. The minimum atomic E-state index is 0.801. The maximum absolute atomic E-state index is 5.61. The molecule has 3 aromatic rings. The number of rotatable bonds is 8. The summed E-state index contributed by atoms with van der Waals surface area (Å²) < 4.78 is 16.5. The summed E-state index contributed by atoms with van der Waals surface area (Å²) in [6.07, 6.45) is 1.75. The van der Waals surface area contributed by atoms with Crippen molar-refractivity contribution in [1.29, 1.82) is 0 Å². The molecular weight excluding hydrogens is 354 g/mol. The van der Waals surface area contributed by atoms with Gasteiger partial charge >= 0.3 is 0 Å². The van der Waals surface area contributed by atoms with Gasteiger partial charge in [0.05, 0.1) is 33.1 Å². The highest BCUT2D eigenvalue weighted by Gasteiger charge is 2.17. The lowest BCUT2D eigenvalue weighted by Crippen LogP contribution is -2.41. The van der Waals surface area contributed by atoms with Crippen molar-refractivity contribution in [3.05, 3.63) is 53.6 Å². The largest absolute Gasteiger partial charge is 0.497 e. The Morgan fingerprint density at radius 3 is 2.79 bits per heavy atom. The van der Waals surface area contributed by atoms with Crippen LogP contribution in [0.15, 0.2) is 41.0 Å². The number of nitrogens with one attached hydrogen (secondary N) is 1. The van der Waals surface area contributed by atoms with Gasteiger partial charge in [-0.2, -0.15) is 0 Å². The fourth-order valence-corrected chi connectivity index (χ4v) is 3.81. The fraction of sp³-hybridized carbons (Fsp3) is 0.455. The summed E-state index contributed by atoms with van der Waals surface area (Å²) in [6.45, 7) is 9.56. The number of benzene rings is 1. The Hall–Kier alpha value is -2.28. The van der Waals surface area contributed by atoms with E-state index < -0.39 is 0 Å². The molecule has 0 saturated carbocycles. The van der Waals surface area contributed by atoms with Crippen LogP contribution in [0.25, 0.3) is 10.9 Å². The summed E-state index contributed by atoms with van der Waals surface area (Å²) in [5, 5.41) is 1.22. The molecule has 1 aliphatic heterocycles. The zero-order valence-corrected chi connectivity index (χ0v) is 16.7. The van der Waals surface area contributed by atoms with Gasteiger partial charge in [0, 0.05) is 49.3 Å². The average molecular weight is 383 g/mol. The molecule has 0 aliphatic carbocycles. The number of aromatic amines is 1. The molecular formula is C22H29N3O3. The zero-order valence-electron chi connectivity index (χ0n) is 16.7. The van der Waals surface area contributed by atoms with Crippen molar-refractivity contribution in [2.45, 2.75) is 20.0 Å². The maximum Gasteiger partial charge on any atom is 0.119 e. The van der Waals surface area contributed by atoms with Gasteiger partial charge in [0.25, 0.3) is 0 Å². The molecule has 0 atom stereocenters. The van der Waals surface area contributed by atoms with Crippen LogP contribution in [0.3, 0.4) is 0 Å². The van der Waals surface area contributed by atoms with E-state index in [0.29, 0.717) is 0 Å². The SMILES string of the molecule is COc1ccc2[nH]c(CN(CCN3CCOCC3)Cc3ccco3)c(C)c2c1. The van der Waals surface area contributed by atoms with Gasteiger partial charge in [-0.3, -0.25) is 9.80 Å². The number of aromatic nitrogens is 1. The lowest BCUT2D eigenvalue weighted by Gasteiger charge is -2.29. The Morgan fingerprint density at radius 2 is 2.04 bits per heavy atom. The summed E-state index contributed by atoms with van der Waals surface area (Å²) in [5.74, 6) is 1.89. The Balaban J connectivity index is 1.50. The molecule has 1 fully saturated rings. The normalized spacial score (nSPS) is 15.5. The highest BCUT2D eigenvalue weighted by atomic mass is 16.5. The molecule has 1 aliphatic rings. The predicted octanol–water partition coefficient (Wildman–Crippen LogP) is 3.41. The van der Waals surface area contributed by atoms with Crippen LogP contribution in [-0.2, 0) is 17.8 Å². The van der Waals surface area contributed by atoms with Crippen LogP contribution in [0.1, 0.15) is 17.0 Å². The third-order valence-corrected chi connectivity index (χ3v) is 5.55. The molecule has 0 radical (unpaired) electrons. The van der Waals surface area contributed by atoms with Crippen LogP contribution in [0.5, 0.6) is 5.75 Å². The highest BCUT2D eigenvalue weighted by Crippen LogP contribution is 2.27. The van der Waals surface area contributed by atoms with Gasteiger partial charge in [-0.25, -0.2) is 0 Å². The second-order valence-corrected chi connectivity index (χ2v) is 7.38. The van der Waals surface area contributed by atoms with Crippen LogP contribution in [0.2, 0.25) is 0 Å². The van der Waals surface area contributed by atoms with E-state index in [4.69, 9.17) is 13.9 Å². The molecule has 6 heteroatoms. The summed E-state index contributed by atoms with van der Waals surface area (Å²) in [5.41, 5.74) is 3.68. The number of hydrogen-bond donors (Lipinski definition) is 1. The molecule has 4 rings (SSSR count). The number of aryl methyl sites for hydroxylation is 1. The minimum absolute atomic E-state index is 0.801. The predicted molar refractivity (Wildman–Crippen MR) is 110 cm³/mol. The number of hydrogen-bond acceptors (Lipinski definition) is 5. The molecule has 0 bridgehead atoms. The standard InChI is InChI=1S/C22H29N3O3/c1-17-20-14-18(26-2)5-6-21(20)23-22(17)16-25(15-19-4-3-11-28-19)8-7-24-9-12-27-13-10-24/h3-6,11,14,23H,7-10,12-13,15-16H2,1-2H3. The Bertz CT molecular complexity index is 882. The summed E-state index contributed by atoms with van der Waals surface area (Å²) >= 11 is 0. The molecule has 2 aromatic heterocycles. The minimum Gasteiger partial charge on any atom is -0.497 e. The first kappa shape index (κ1) is 19.1. The van der Waals surface area contributed by atoms with Gasteiger partial charge in [-0.05, 0) is 42.8 Å². The first-order valence-electron chi connectivity index (χ1n) is 9.93. The van der Waals surface area contributed by atoms with E-state index in [0.717, 1.165) is 69.5 Å². The summed E-state index contributed by atoms with van der Waals surface area (Å²) in [7, 11) is 1.71. The van der Waals surface area contributed by atoms with E-state index in [-0.39, 0.29) is 0 Å². The van der Waals surface area contributed by atoms with E-state index in [1.54, 1.807) is 13.4 Å². The topological polar surface area (TPSA) is 53.9 Å². The Kier molecular flexibility index (Phi) is 6.00. The molecule has 6 nitrogen and oxygen atoms in total. The van der Waals surface area contributed by atoms with E-state index in [9.17, 15) is 0 Å². The molecule has 0 spiro atoms. The zero-order chi connectivity index (χ0) is 19.3. The van der Waals surface area contributed by atoms with Crippen molar-refractivity contribution in [3.63, 3.8) is 0 Å². The highest BCUT2D eigenvalue weighted by molar-refractivity contribution is 5.85. The van der Waals surface area contributed by atoms with Gasteiger partial charge < -0.3 is 18.9 Å². The van der Waals surface area contributed by atoms with E-state index >= 15 is 0 Å². The van der Waals surface area contributed by atoms with Crippen molar-refractivity contribution in [2.24, 2.45) is 0 Å². The van der Waals surface area contributed by atoms with Gasteiger partial charge in [0.15, 0.2) is 0 Å². The Morgan fingerprint density at radius 1 is 1.18 bits per heavy atom. The third kappa shape index (κ3) is 4.41. The van der Waals surface area contributed by atoms with Crippen LogP contribution >= 0.6 is 0 Å². The third-order valence-electron chi connectivity index (χ3n) is 5.55. The second kappa shape index (κ2) is 8.82. The molecule has 0 amide bonds. The average Bonchev–Trinajstić information content (AvgIpc) is 3.35. The lowest BCUT2D eigenvalue weighted by atomic mass is 10.1. The Labute approximate surface area is 166 Å². The smallest absolute Gasteiger partial charge is 0.119 e. The number of ether oxygens (including phenoxy) is 2. The van der Waals surface area contributed by atoms with E-state index in [1.807, 2.05) is 18.2 Å². The number of H-pyrrole nitrogens is 1. The van der Waals surface area contributed by atoms with Gasteiger partial charge in [0.2, 0.25) is 0 Å². The molecule has 150 valence electrons.